The van der Waals surface area contributed by atoms with Crippen molar-refractivity contribution >= 4 is 28.1 Å². The summed E-state index contributed by atoms with van der Waals surface area (Å²) in [5, 5.41) is 7.82. The molecule has 0 radical (unpaired) electrons. The molecule has 1 heterocycles. The molecule has 1 aromatic heterocycles. The fraction of sp³-hybridized carbons (Fsp3) is 0.474. The van der Waals surface area contributed by atoms with Gasteiger partial charge in [-0.05, 0) is 52.0 Å². The van der Waals surface area contributed by atoms with Crippen LogP contribution in [0.15, 0.2) is 29.6 Å². The van der Waals surface area contributed by atoms with Gasteiger partial charge in [0, 0.05) is 36.2 Å². The van der Waals surface area contributed by atoms with Crippen molar-refractivity contribution in [2.45, 2.75) is 46.0 Å². The summed E-state index contributed by atoms with van der Waals surface area (Å²) >= 11 is 1.22. The van der Waals surface area contributed by atoms with Gasteiger partial charge in [-0.2, -0.15) is 13.2 Å². The number of hydrogen-bond donors (Lipinski definition) is 2. The lowest BCUT2D eigenvalue weighted by atomic mass is 10.2. The van der Waals surface area contributed by atoms with Gasteiger partial charge in [-0.25, -0.2) is 4.98 Å². The molecule has 0 fully saturated rings. The summed E-state index contributed by atoms with van der Waals surface area (Å²) < 4.78 is 37.8. The van der Waals surface area contributed by atoms with Crippen LogP contribution in [0, 0.1) is 0 Å². The Bertz CT molecular complexity index is 764. The van der Waals surface area contributed by atoms with E-state index in [2.05, 4.69) is 48.2 Å². The minimum absolute atomic E-state index is 0.274. The van der Waals surface area contributed by atoms with Crippen LogP contribution in [0.3, 0.4) is 0 Å². The molecule has 0 aliphatic carbocycles. The SMILES string of the molecule is CC(C)N(CCNC(=O)c1csc(Nc2ccc(C(F)(F)F)cc2)n1)C(C)C. The fourth-order valence-electron chi connectivity index (χ4n) is 2.80. The Labute approximate surface area is 167 Å². The van der Waals surface area contributed by atoms with Gasteiger partial charge in [-0.1, -0.05) is 0 Å². The number of carbonyl (C=O) groups is 1. The number of thiazole rings is 1. The summed E-state index contributed by atoms with van der Waals surface area (Å²) in [7, 11) is 0. The molecule has 2 rings (SSSR count). The van der Waals surface area contributed by atoms with E-state index in [-0.39, 0.29) is 11.6 Å². The van der Waals surface area contributed by atoms with E-state index < -0.39 is 11.7 Å². The highest BCUT2D eigenvalue weighted by Gasteiger charge is 2.29. The van der Waals surface area contributed by atoms with E-state index in [0.29, 0.717) is 29.4 Å². The lowest BCUT2D eigenvalue weighted by molar-refractivity contribution is -0.137. The third-order valence-electron chi connectivity index (χ3n) is 4.18. The summed E-state index contributed by atoms with van der Waals surface area (Å²) in [5.41, 5.74) is 0.0352. The van der Waals surface area contributed by atoms with Crippen LogP contribution in [0.2, 0.25) is 0 Å². The lowest BCUT2D eigenvalue weighted by Crippen LogP contribution is -2.42. The summed E-state index contributed by atoms with van der Waals surface area (Å²) in [5.74, 6) is -0.274. The van der Waals surface area contributed by atoms with Gasteiger partial charge in [0.15, 0.2) is 5.13 Å². The Kier molecular flexibility index (Phi) is 7.42. The molecule has 0 unspecified atom stereocenters. The molecule has 5 nitrogen and oxygen atoms in total. The molecule has 28 heavy (non-hydrogen) atoms. The number of carbonyl (C=O) groups excluding carboxylic acids is 1. The smallest absolute Gasteiger partial charge is 0.349 e. The molecule has 0 aliphatic rings. The normalized spacial score (nSPS) is 12.1. The van der Waals surface area contributed by atoms with Crippen molar-refractivity contribution in [3.05, 3.63) is 40.9 Å². The number of nitrogens with one attached hydrogen (secondary N) is 2. The van der Waals surface area contributed by atoms with Crippen LogP contribution >= 0.6 is 11.3 Å². The van der Waals surface area contributed by atoms with Crippen molar-refractivity contribution in [2.75, 3.05) is 18.4 Å². The summed E-state index contributed by atoms with van der Waals surface area (Å²) in [4.78, 5) is 18.7. The predicted molar refractivity (Wildman–Crippen MR) is 106 cm³/mol. The first-order valence-corrected chi connectivity index (χ1v) is 9.89. The highest BCUT2D eigenvalue weighted by Crippen LogP contribution is 2.30. The van der Waals surface area contributed by atoms with Crippen molar-refractivity contribution in [1.29, 1.82) is 0 Å². The van der Waals surface area contributed by atoms with Gasteiger partial charge in [0.1, 0.15) is 5.69 Å². The number of nitrogens with zero attached hydrogens (tertiary/aromatic N) is 2. The minimum atomic E-state index is -4.37. The van der Waals surface area contributed by atoms with Crippen LogP contribution in [0.1, 0.15) is 43.7 Å². The molecule has 9 heteroatoms. The van der Waals surface area contributed by atoms with E-state index in [1.165, 1.54) is 23.5 Å². The molecule has 0 bridgehead atoms. The molecular weight excluding hydrogens is 389 g/mol. The quantitative estimate of drug-likeness (QED) is 0.654. The highest BCUT2D eigenvalue weighted by atomic mass is 32.1. The van der Waals surface area contributed by atoms with Gasteiger partial charge in [-0.15, -0.1) is 11.3 Å². The Hall–Kier alpha value is -2.13. The van der Waals surface area contributed by atoms with Crippen molar-refractivity contribution < 1.29 is 18.0 Å². The van der Waals surface area contributed by atoms with Crippen LogP contribution in [0.4, 0.5) is 24.0 Å². The second-order valence-electron chi connectivity index (χ2n) is 6.92. The number of aromatic nitrogens is 1. The molecule has 2 aromatic rings. The van der Waals surface area contributed by atoms with Crippen molar-refractivity contribution in [2.24, 2.45) is 0 Å². The number of rotatable bonds is 8. The standard InChI is InChI=1S/C19H25F3N4OS/c1-12(2)26(13(3)4)10-9-23-17(27)16-11-28-18(25-16)24-15-7-5-14(6-8-15)19(20,21)22/h5-8,11-13H,9-10H2,1-4H3,(H,23,27)(H,24,25). The van der Waals surface area contributed by atoms with Crippen LogP contribution in [-0.4, -0.2) is 41.0 Å². The Morgan fingerprint density at radius 1 is 1.14 bits per heavy atom. The maximum atomic E-state index is 12.6. The van der Waals surface area contributed by atoms with Crippen LogP contribution in [0.25, 0.3) is 0 Å². The molecule has 154 valence electrons. The average molecular weight is 414 g/mol. The Balaban J connectivity index is 1.90. The third-order valence-corrected chi connectivity index (χ3v) is 4.94. The molecule has 0 saturated heterocycles. The molecule has 2 N–H and O–H groups in total. The Morgan fingerprint density at radius 2 is 1.75 bits per heavy atom. The number of benzene rings is 1. The number of amides is 1. The van der Waals surface area contributed by atoms with Crippen LogP contribution in [-0.2, 0) is 6.18 Å². The first kappa shape index (κ1) is 22.2. The Morgan fingerprint density at radius 3 is 2.29 bits per heavy atom. The first-order valence-electron chi connectivity index (χ1n) is 9.01. The second-order valence-corrected chi connectivity index (χ2v) is 7.78. The fourth-order valence-corrected chi connectivity index (χ4v) is 3.51. The number of hydrogen-bond acceptors (Lipinski definition) is 5. The molecule has 0 saturated carbocycles. The van der Waals surface area contributed by atoms with E-state index in [9.17, 15) is 18.0 Å². The van der Waals surface area contributed by atoms with Crippen LogP contribution < -0.4 is 10.6 Å². The van der Waals surface area contributed by atoms with Gasteiger partial charge in [0.25, 0.3) is 5.91 Å². The van der Waals surface area contributed by atoms with Gasteiger partial charge < -0.3 is 10.6 Å². The van der Waals surface area contributed by atoms with Gasteiger partial charge in [-0.3, -0.25) is 9.69 Å². The monoisotopic (exact) mass is 414 g/mol. The molecule has 0 atom stereocenters. The highest BCUT2D eigenvalue weighted by molar-refractivity contribution is 7.14. The largest absolute Gasteiger partial charge is 0.416 e. The zero-order valence-corrected chi connectivity index (χ0v) is 17.1. The average Bonchev–Trinajstić information content (AvgIpc) is 3.06. The molecule has 1 amide bonds. The van der Waals surface area contributed by atoms with Crippen molar-refractivity contribution in [3.63, 3.8) is 0 Å². The maximum Gasteiger partial charge on any atom is 0.416 e. The molecular formula is C19H25F3N4OS. The zero-order chi connectivity index (χ0) is 20.9. The van der Waals surface area contributed by atoms with E-state index in [1.807, 2.05) is 0 Å². The summed E-state index contributed by atoms with van der Waals surface area (Å²) in [6.07, 6.45) is -4.37. The van der Waals surface area contributed by atoms with E-state index in [1.54, 1.807) is 5.38 Å². The molecule has 0 aliphatic heterocycles. The topological polar surface area (TPSA) is 57.3 Å². The van der Waals surface area contributed by atoms with Gasteiger partial charge in [0.2, 0.25) is 0 Å². The number of alkyl halides is 3. The summed E-state index contributed by atoms with van der Waals surface area (Å²) in [6.45, 7) is 9.70. The number of halogens is 3. The van der Waals surface area contributed by atoms with Crippen molar-refractivity contribution in [3.8, 4) is 0 Å². The lowest BCUT2D eigenvalue weighted by Gasteiger charge is -2.30. The molecule has 0 spiro atoms. The van der Waals surface area contributed by atoms with E-state index >= 15 is 0 Å². The first-order chi connectivity index (χ1) is 13.1. The molecule has 1 aromatic carbocycles. The summed E-state index contributed by atoms with van der Waals surface area (Å²) in [6, 6.07) is 5.43. The van der Waals surface area contributed by atoms with Gasteiger partial charge >= 0.3 is 6.18 Å². The van der Waals surface area contributed by atoms with E-state index in [4.69, 9.17) is 0 Å². The third kappa shape index (κ3) is 6.20. The van der Waals surface area contributed by atoms with Gasteiger partial charge in [0.05, 0.1) is 5.56 Å². The van der Waals surface area contributed by atoms with Crippen LogP contribution in [0.5, 0.6) is 0 Å². The van der Waals surface area contributed by atoms with Crippen molar-refractivity contribution in [1.82, 2.24) is 15.2 Å². The number of anilines is 2. The predicted octanol–water partition coefficient (Wildman–Crippen LogP) is 4.75. The maximum absolute atomic E-state index is 12.6. The zero-order valence-electron chi connectivity index (χ0n) is 16.3. The second kappa shape index (κ2) is 9.38. The van der Waals surface area contributed by atoms with E-state index in [0.717, 1.165) is 18.7 Å². The minimum Gasteiger partial charge on any atom is -0.349 e.